The van der Waals surface area contributed by atoms with E-state index in [0.717, 1.165) is 27.8 Å². The summed E-state index contributed by atoms with van der Waals surface area (Å²) in [6.07, 6.45) is 0. The largest absolute Gasteiger partial charge is 0.497 e. The van der Waals surface area contributed by atoms with Crippen molar-refractivity contribution in [1.29, 1.82) is 5.26 Å². The molecule has 3 aromatic rings. The molecule has 1 amide bonds. The first-order valence-electron chi connectivity index (χ1n) is 10.0. The van der Waals surface area contributed by atoms with Crippen molar-refractivity contribution in [2.24, 2.45) is 0 Å². The molecule has 0 atom stereocenters. The number of amides is 1. The minimum Gasteiger partial charge on any atom is -0.497 e. The molecule has 0 N–H and O–H groups in total. The molecular weight excluding hydrogens is 376 g/mol. The average Bonchev–Trinajstić information content (AvgIpc) is 2.78. The third-order valence-electron chi connectivity index (χ3n) is 5.59. The molecule has 0 bridgehead atoms. The lowest BCUT2D eigenvalue weighted by Gasteiger charge is -2.36. The fourth-order valence-electron chi connectivity index (χ4n) is 3.98. The molecule has 6 nitrogen and oxygen atoms in total. The van der Waals surface area contributed by atoms with E-state index < -0.39 is 0 Å². The number of piperazine rings is 1. The van der Waals surface area contributed by atoms with Crippen molar-refractivity contribution in [1.82, 2.24) is 9.88 Å². The SMILES string of the molecule is COc1ccc(C(=O)N2CCN(c3nc4cc(C)cc(C)c4cc3C#N)CC2)cc1. The Kier molecular flexibility index (Phi) is 5.28. The minimum atomic E-state index is 0.00975. The maximum absolute atomic E-state index is 12.8. The first-order chi connectivity index (χ1) is 14.5. The van der Waals surface area contributed by atoms with Crippen LogP contribution in [0, 0.1) is 25.2 Å². The van der Waals surface area contributed by atoms with Crippen molar-refractivity contribution < 1.29 is 9.53 Å². The summed E-state index contributed by atoms with van der Waals surface area (Å²) in [5.41, 5.74) is 4.40. The maximum Gasteiger partial charge on any atom is 0.253 e. The highest BCUT2D eigenvalue weighted by Gasteiger charge is 2.25. The quantitative estimate of drug-likeness (QED) is 0.671. The molecule has 6 heteroatoms. The molecule has 0 aliphatic carbocycles. The van der Waals surface area contributed by atoms with Crippen LogP contribution in [0.4, 0.5) is 5.82 Å². The highest BCUT2D eigenvalue weighted by Crippen LogP contribution is 2.27. The highest BCUT2D eigenvalue weighted by atomic mass is 16.5. The molecule has 152 valence electrons. The summed E-state index contributed by atoms with van der Waals surface area (Å²) < 4.78 is 5.16. The lowest BCUT2D eigenvalue weighted by molar-refractivity contribution is 0.0746. The number of benzene rings is 2. The van der Waals surface area contributed by atoms with Crippen LogP contribution in [0.15, 0.2) is 42.5 Å². The van der Waals surface area contributed by atoms with Crippen LogP contribution in [0.5, 0.6) is 5.75 Å². The van der Waals surface area contributed by atoms with Gasteiger partial charge < -0.3 is 14.5 Å². The molecule has 30 heavy (non-hydrogen) atoms. The summed E-state index contributed by atoms with van der Waals surface area (Å²) >= 11 is 0. The number of nitrogens with zero attached hydrogens (tertiary/aromatic N) is 4. The zero-order valence-corrected chi connectivity index (χ0v) is 17.5. The highest BCUT2D eigenvalue weighted by molar-refractivity contribution is 5.94. The van der Waals surface area contributed by atoms with Crippen molar-refractivity contribution >= 4 is 22.6 Å². The van der Waals surface area contributed by atoms with Crippen LogP contribution >= 0.6 is 0 Å². The second-order valence-corrected chi connectivity index (χ2v) is 7.63. The summed E-state index contributed by atoms with van der Waals surface area (Å²) in [6.45, 7) is 6.54. The van der Waals surface area contributed by atoms with E-state index in [9.17, 15) is 10.1 Å². The summed E-state index contributed by atoms with van der Waals surface area (Å²) in [5, 5.41) is 10.7. The Hall–Kier alpha value is -3.59. The molecule has 0 saturated carbocycles. The molecule has 1 aliphatic rings. The third kappa shape index (κ3) is 3.67. The summed E-state index contributed by atoms with van der Waals surface area (Å²) in [5.74, 6) is 1.44. The number of pyridine rings is 1. The molecular formula is C24H24N4O2. The van der Waals surface area contributed by atoms with Crippen molar-refractivity contribution in [2.75, 3.05) is 38.2 Å². The second-order valence-electron chi connectivity index (χ2n) is 7.63. The number of aryl methyl sites for hydroxylation is 2. The first kappa shape index (κ1) is 19.7. The van der Waals surface area contributed by atoms with E-state index in [2.05, 4.69) is 30.0 Å². The number of aromatic nitrogens is 1. The van der Waals surface area contributed by atoms with Gasteiger partial charge in [-0.1, -0.05) is 6.07 Å². The van der Waals surface area contributed by atoms with E-state index in [-0.39, 0.29) is 5.91 Å². The van der Waals surface area contributed by atoms with Crippen LogP contribution < -0.4 is 9.64 Å². The van der Waals surface area contributed by atoms with Gasteiger partial charge in [0.1, 0.15) is 17.6 Å². The Balaban J connectivity index is 1.54. The van der Waals surface area contributed by atoms with Gasteiger partial charge in [0.05, 0.1) is 18.2 Å². The zero-order chi connectivity index (χ0) is 21.3. The molecule has 0 unspecified atom stereocenters. The van der Waals surface area contributed by atoms with Crippen LogP contribution in [0.3, 0.4) is 0 Å². The monoisotopic (exact) mass is 400 g/mol. The van der Waals surface area contributed by atoms with Gasteiger partial charge in [-0.3, -0.25) is 4.79 Å². The van der Waals surface area contributed by atoms with Crippen LogP contribution in [-0.4, -0.2) is 49.1 Å². The predicted molar refractivity (Wildman–Crippen MR) is 117 cm³/mol. The normalized spacial score (nSPS) is 13.9. The fraction of sp³-hybridized carbons (Fsp3) is 0.292. The van der Waals surface area contributed by atoms with Gasteiger partial charge in [0, 0.05) is 37.1 Å². The van der Waals surface area contributed by atoms with Gasteiger partial charge in [-0.2, -0.15) is 5.26 Å². The summed E-state index contributed by atoms with van der Waals surface area (Å²) in [7, 11) is 1.61. The van der Waals surface area contributed by atoms with E-state index in [4.69, 9.17) is 9.72 Å². The second kappa shape index (κ2) is 8.03. The number of hydrogen-bond donors (Lipinski definition) is 0. The molecule has 0 radical (unpaired) electrons. The Morgan fingerprint density at radius 3 is 2.40 bits per heavy atom. The van der Waals surface area contributed by atoms with Crippen LogP contribution in [0.1, 0.15) is 27.0 Å². The lowest BCUT2D eigenvalue weighted by Crippen LogP contribution is -2.49. The molecule has 0 spiro atoms. The van der Waals surface area contributed by atoms with Crippen molar-refractivity contribution in [3.8, 4) is 11.8 Å². The van der Waals surface area contributed by atoms with Crippen LogP contribution in [-0.2, 0) is 0 Å². The number of rotatable bonds is 3. The molecule has 4 rings (SSSR count). The predicted octanol–water partition coefficient (Wildman–Crippen LogP) is 3.69. The fourth-order valence-corrected chi connectivity index (χ4v) is 3.98. The van der Waals surface area contributed by atoms with Crippen molar-refractivity contribution in [3.63, 3.8) is 0 Å². The summed E-state index contributed by atoms with van der Waals surface area (Å²) in [4.78, 5) is 21.6. The number of fused-ring (bicyclic) bond motifs is 1. The van der Waals surface area contributed by atoms with Gasteiger partial charge in [-0.25, -0.2) is 4.98 Å². The Bertz CT molecular complexity index is 1140. The van der Waals surface area contributed by atoms with Gasteiger partial charge in [0.2, 0.25) is 0 Å². The Morgan fingerprint density at radius 2 is 1.77 bits per heavy atom. The van der Waals surface area contributed by atoms with Crippen molar-refractivity contribution in [3.05, 3.63) is 64.7 Å². The molecule has 1 aliphatic heterocycles. The Morgan fingerprint density at radius 1 is 1.07 bits per heavy atom. The molecule has 2 aromatic carbocycles. The average molecular weight is 400 g/mol. The van der Waals surface area contributed by atoms with Gasteiger partial charge in [-0.15, -0.1) is 0 Å². The van der Waals surface area contributed by atoms with Gasteiger partial charge in [-0.05, 0) is 61.4 Å². The van der Waals surface area contributed by atoms with E-state index in [0.29, 0.717) is 43.1 Å². The first-order valence-corrected chi connectivity index (χ1v) is 10.0. The number of carbonyl (C=O) groups excluding carboxylic acids is 1. The molecule has 2 heterocycles. The number of carbonyl (C=O) groups is 1. The molecule has 1 fully saturated rings. The van der Waals surface area contributed by atoms with E-state index in [1.165, 1.54) is 0 Å². The van der Waals surface area contributed by atoms with Gasteiger partial charge >= 0.3 is 0 Å². The maximum atomic E-state index is 12.8. The smallest absolute Gasteiger partial charge is 0.253 e. The van der Waals surface area contributed by atoms with Crippen molar-refractivity contribution in [2.45, 2.75) is 13.8 Å². The molecule has 1 aromatic heterocycles. The van der Waals surface area contributed by atoms with E-state index in [1.807, 2.05) is 17.9 Å². The number of methoxy groups -OCH3 is 1. The number of hydrogen-bond acceptors (Lipinski definition) is 5. The number of nitriles is 1. The topological polar surface area (TPSA) is 69.5 Å². The third-order valence-corrected chi connectivity index (χ3v) is 5.59. The zero-order valence-electron chi connectivity index (χ0n) is 17.5. The lowest BCUT2D eigenvalue weighted by atomic mass is 10.0. The van der Waals surface area contributed by atoms with E-state index >= 15 is 0 Å². The standard InChI is InChI=1S/C24H24N4O2/c1-16-12-17(2)21-14-19(15-25)23(26-22(21)13-16)27-8-10-28(11-9-27)24(29)18-4-6-20(30-3)7-5-18/h4-7,12-14H,8-11H2,1-3H3. The van der Waals surface area contributed by atoms with Crippen LogP contribution in [0.25, 0.3) is 10.9 Å². The van der Waals surface area contributed by atoms with Gasteiger partial charge in [0.15, 0.2) is 0 Å². The van der Waals surface area contributed by atoms with E-state index in [1.54, 1.807) is 31.4 Å². The Labute approximate surface area is 176 Å². The number of anilines is 1. The molecule has 1 saturated heterocycles. The number of ether oxygens (including phenoxy) is 1. The minimum absolute atomic E-state index is 0.00975. The van der Waals surface area contributed by atoms with Gasteiger partial charge in [0.25, 0.3) is 5.91 Å². The van der Waals surface area contributed by atoms with Crippen LogP contribution in [0.2, 0.25) is 0 Å². The summed E-state index contributed by atoms with van der Waals surface area (Å²) in [6, 6.07) is 15.6.